The first-order valence-corrected chi connectivity index (χ1v) is 5.93. The number of carbonyl (C=O) groups is 1. The molecule has 0 aliphatic rings. The molecular weight excluding hydrogens is 250 g/mol. The third-order valence-corrected chi connectivity index (χ3v) is 2.51. The van der Waals surface area contributed by atoms with Gasteiger partial charge in [0, 0.05) is 0 Å². The quantitative estimate of drug-likeness (QED) is 0.818. The van der Waals surface area contributed by atoms with E-state index in [-0.39, 0.29) is 13.2 Å². The maximum Gasteiger partial charge on any atom is 0.407 e. The van der Waals surface area contributed by atoms with Gasteiger partial charge in [0.05, 0.1) is 33.5 Å². The molecule has 1 aromatic rings. The summed E-state index contributed by atoms with van der Waals surface area (Å²) in [6.07, 6.45) is -1.40. The van der Waals surface area contributed by atoms with Gasteiger partial charge in [0.15, 0.2) is 11.5 Å². The molecule has 6 heteroatoms. The van der Waals surface area contributed by atoms with E-state index < -0.39 is 12.2 Å². The largest absolute Gasteiger partial charge is 0.493 e. The van der Waals surface area contributed by atoms with E-state index in [9.17, 15) is 9.90 Å². The smallest absolute Gasteiger partial charge is 0.407 e. The Morgan fingerprint density at radius 3 is 2.58 bits per heavy atom. The van der Waals surface area contributed by atoms with Crippen LogP contribution in [0.25, 0.3) is 0 Å². The molecule has 0 unspecified atom stereocenters. The highest BCUT2D eigenvalue weighted by atomic mass is 16.5. The first-order valence-electron chi connectivity index (χ1n) is 5.93. The number of carbonyl (C=O) groups excluding carboxylic acids is 1. The van der Waals surface area contributed by atoms with E-state index in [4.69, 9.17) is 14.2 Å². The number of alkyl carbamates (subject to hydrolysis) is 1. The summed E-state index contributed by atoms with van der Waals surface area (Å²) in [7, 11) is 3.06. The fourth-order valence-corrected chi connectivity index (χ4v) is 1.54. The van der Waals surface area contributed by atoms with E-state index in [0.29, 0.717) is 17.1 Å². The molecule has 2 N–H and O–H groups in total. The van der Waals surface area contributed by atoms with Gasteiger partial charge in [-0.2, -0.15) is 0 Å². The summed E-state index contributed by atoms with van der Waals surface area (Å²) in [5, 5.41) is 12.4. The molecule has 1 rings (SSSR count). The molecule has 19 heavy (non-hydrogen) atoms. The van der Waals surface area contributed by atoms with Crippen LogP contribution in [0.3, 0.4) is 0 Å². The van der Waals surface area contributed by atoms with E-state index >= 15 is 0 Å². The number of aliphatic hydroxyl groups is 1. The monoisotopic (exact) mass is 269 g/mol. The molecule has 0 aromatic heterocycles. The van der Waals surface area contributed by atoms with Gasteiger partial charge in [-0.05, 0) is 24.6 Å². The number of rotatable bonds is 6. The summed E-state index contributed by atoms with van der Waals surface area (Å²) < 4.78 is 15.0. The van der Waals surface area contributed by atoms with Gasteiger partial charge in [0.1, 0.15) is 0 Å². The van der Waals surface area contributed by atoms with Crippen molar-refractivity contribution in [3.05, 3.63) is 23.8 Å². The average molecular weight is 269 g/mol. The molecule has 0 aliphatic carbocycles. The average Bonchev–Trinajstić information content (AvgIpc) is 2.44. The van der Waals surface area contributed by atoms with Crippen molar-refractivity contribution in [3.63, 3.8) is 0 Å². The van der Waals surface area contributed by atoms with Crippen LogP contribution in [0.1, 0.15) is 18.6 Å². The lowest BCUT2D eigenvalue weighted by molar-refractivity contribution is 0.135. The molecule has 106 valence electrons. The fraction of sp³-hybridized carbons (Fsp3) is 0.462. The van der Waals surface area contributed by atoms with Crippen LogP contribution in [0.5, 0.6) is 11.5 Å². The molecule has 0 radical (unpaired) electrons. The summed E-state index contributed by atoms with van der Waals surface area (Å²) in [6.45, 7) is 2.07. The molecule has 0 fully saturated rings. The first-order chi connectivity index (χ1) is 9.12. The van der Waals surface area contributed by atoms with Crippen LogP contribution in [0, 0.1) is 0 Å². The molecule has 0 saturated heterocycles. The SMILES string of the molecule is CCOC(=O)NC[C@@H](O)c1ccc(OC)c(OC)c1. The number of hydrogen-bond acceptors (Lipinski definition) is 5. The molecule has 6 nitrogen and oxygen atoms in total. The molecule has 0 spiro atoms. The highest BCUT2D eigenvalue weighted by molar-refractivity contribution is 5.67. The fourth-order valence-electron chi connectivity index (χ4n) is 1.54. The van der Waals surface area contributed by atoms with Gasteiger partial charge >= 0.3 is 6.09 Å². The summed E-state index contributed by atoms with van der Waals surface area (Å²) in [4.78, 5) is 11.1. The number of amides is 1. The summed E-state index contributed by atoms with van der Waals surface area (Å²) >= 11 is 0. The summed E-state index contributed by atoms with van der Waals surface area (Å²) in [5.41, 5.74) is 0.620. The third-order valence-electron chi connectivity index (χ3n) is 2.51. The number of aliphatic hydroxyl groups excluding tert-OH is 1. The minimum atomic E-state index is -0.843. The van der Waals surface area contributed by atoms with E-state index in [2.05, 4.69) is 5.32 Å². The van der Waals surface area contributed by atoms with Crippen molar-refractivity contribution in [1.29, 1.82) is 0 Å². The molecule has 0 aliphatic heterocycles. The zero-order valence-corrected chi connectivity index (χ0v) is 11.3. The topological polar surface area (TPSA) is 77.0 Å². The van der Waals surface area contributed by atoms with Gasteiger partial charge in [-0.15, -0.1) is 0 Å². The predicted molar refractivity (Wildman–Crippen MR) is 69.5 cm³/mol. The van der Waals surface area contributed by atoms with Gasteiger partial charge < -0.3 is 24.6 Å². The maximum absolute atomic E-state index is 11.1. The molecule has 1 atom stereocenters. The van der Waals surface area contributed by atoms with Gasteiger partial charge in [0.2, 0.25) is 0 Å². The molecule has 1 amide bonds. The highest BCUT2D eigenvalue weighted by Gasteiger charge is 2.13. The van der Waals surface area contributed by atoms with Crippen molar-refractivity contribution in [3.8, 4) is 11.5 Å². The second-order valence-corrected chi connectivity index (χ2v) is 3.73. The second-order valence-electron chi connectivity index (χ2n) is 3.73. The minimum absolute atomic E-state index is 0.0638. The standard InChI is InChI=1S/C13H19NO5/c1-4-19-13(16)14-8-10(15)9-5-6-11(17-2)12(7-9)18-3/h5-7,10,15H,4,8H2,1-3H3,(H,14,16)/t10-/m1/s1. The van der Waals surface area contributed by atoms with Crippen molar-refractivity contribution in [1.82, 2.24) is 5.32 Å². The van der Waals surface area contributed by atoms with E-state index in [1.807, 2.05) is 0 Å². The van der Waals surface area contributed by atoms with Gasteiger partial charge in [-0.25, -0.2) is 4.79 Å². The number of ether oxygens (including phenoxy) is 3. The lowest BCUT2D eigenvalue weighted by atomic mass is 10.1. The Hall–Kier alpha value is -1.95. The Labute approximate surface area is 112 Å². The number of benzene rings is 1. The Morgan fingerprint density at radius 2 is 2.00 bits per heavy atom. The van der Waals surface area contributed by atoms with Crippen LogP contribution in [0.4, 0.5) is 4.79 Å². The Balaban J connectivity index is 2.66. The van der Waals surface area contributed by atoms with Gasteiger partial charge in [-0.3, -0.25) is 0 Å². The van der Waals surface area contributed by atoms with Crippen LogP contribution < -0.4 is 14.8 Å². The Morgan fingerprint density at radius 1 is 1.32 bits per heavy atom. The van der Waals surface area contributed by atoms with Crippen LogP contribution in [-0.4, -0.2) is 38.6 Å². The molecule has 0 saturated carbocycles. The predicted octanol–water partition coefficient (Wildman–Crippen LogP) is 1.48. The number of methoxy groups -OCH3 is 2. The highest BCUT2D eigenvalue weighted by Crippen LogP contribution is 2.29. The lowest BCUT2D eigenvalue weighted by Gasteiger charge is -2.14. The van der Waals surface area contributed by atoms with Crippen LogP contribution in [-0.2, 0) is 4.74 Å². The van der Waals surface area contributed by atoms with Crippen molar-refractivity contribution in [2.24, 2.45) is 0 Å². The molecule has 0 heterocycles. The van der Waals surface area contributed by atoms with Crippen molar-refractivity contribution < 1.29 is 24.1 Å². The maximum atomic E-state index is 11.1. The molecular formula is C13H19NO5. The third kappa shape index (κ3) is 4.33. The van der Waals surface area contributed by atoms with Crippen LogP contribution in [0.15, 0.2) is 18.2 Å². The summed E-state index contributed by atoms with van der Waals surface area (Å²) in [5.74, 6) is 1.10. The van der Waals surface area contributed by atoms with Crippen LogP contribution >= 0.6 is 0 Å². The molecule has 1 aromatic carbocycles. The Kier molecular flexibility index (Phi) is 5.95. The normalized spacial score (nSPS) is 11.6. The van der Waals surface area contributed by atoms with Crippen LogP contribution in [0.2, 0.25) is 0 Å². The van der Waals surface area contributed by atoms with Crippen molar-refractivity contribution >= 4 is 6.09 Å². The van der Waals surface area contributed by atoms with E-state index in [1.54, 1.807) is 25.1 Å². The van der Waals surface area contributed by atoms with E-state index in [1.165, 1.54) is 14.2 Å². The summed E-state index contributed by atoms with van der Waals surface area (Å²) in [6, 6.07) is 5.07. The van der Waals surface area contributed by atoms with Gasteiger partial charge in [-0.1, -0.05) is 6.07 Å². The first kappa shape index (κ1) is 15.1. The number of hydrogen-bond donors (Lipinski definition) is 2. The van der Waals surface area contributed by atoms with Crippen molar-refractivity contribution in [2.75, 3.05) is 27.4 Å². The zero-order chi connectivity index (χ0) is 14.3. The number of nitrogens with one attached hydrogen (secondary N) is 1. The zero-order valence-electron chi connectivity index (χ0n) is 11.3. The Bertz CT molecular complexity index is 421. The van der Waals surface area contributed by atoms with Gasteiger partial charge in [0.25, 0.3) is 0 Å². The molecule has 0 bridgehead atoms. The van der Waals surface area contributed by atoms with E-state index in [0.717, 1.165) is 0 Å². The second kappa shape index (κ2) is 7.48. The lowest BCUT2D eigenvalue weighted by Crippen LogP contribution is -2.28. The van der Waals surface area contributed by atoms with Crippen molar-refractivity contribution in [2.45, 2.75) is 13.0 Å². The minimum Gasteiger partial charge on any atom is -0.493 e.